The molecule has 2 heterocycles. The summed E-state index contributed by atoms with van der Waals surface area (Å²) >= 11 is 1.68. The molecule has 2 aromatic rings. The normalized spacial score (nSPS) is 13.8. The Bertz CT molecular complexity index is 718. The largest absolute Gasteiger partial charge is 0.284 e. The number of thiophene rings is 1. The van der Waals surface area contributed by atoms with Crippen molar-refractivity contribution in [1.82, 2.24) is 9.55 Å². The fourth-order valence-corrected chi connectivity index (χ4v) is 3.91. The van der Waals surface area contributed by atoms with Gasteiger partial charge in [0.05, 0.1) is 11.9 Å². The molecule has 0 fully saturated rings. The lowest BCUT2D eigenvalue weighted by Gasteiger charge is -2.08. The molecule has 0 saturated carbocycles. The Balaban J connectivity index is 2.38. The number of nitrogens with zero attached hydrogens (tertiary/aromatic N) is 2. The predicted octanol–water partition coefficient (Wildman–Crippen LogP) is 2.14. The fourth-order valence-electron chi connectivity index (χ4n) is 2.64. The summed E-state index contributed by atoms with van der Waals surface area (Å²) in [5.41, 5.74) is 1.27. The van der Waals surface area contributed by atoms with Gasteiger partial charge in [0.2, 0.25) is 0 Å². The van der Waals surface area contributed by atoms with Gasteiger partial charge in [-0.05, 0) is 24.8 Å². The van der Waals surface area contributed by atoms with Gasteiger partial charge < -0.3 is 0 Å². The SMILES string of the molecule is C#CCn1c(CC)nc2sc3c(c2c1=O)CCC3. The van der Waals surface area contributed by atoms with Crippen LogP contribution in [0.3, 0.4) is 0 Å². The summed E-state index contributed by atoms with van der Waals surface area (Å²) in [5.74, 6) is 3.35. The lowest BCUT2D eigenvalue weighted by molar-refractivity contribution is 0.711. The Morgan fingerprint density at radius 2 is 2.33 bits per heavy atom. The van der Waals surface area contributed by atoms with Gasteiger partial charge in [0.25, 0.3) is 5.56 Å². The van der Waals surface area contributed by atoms with Gasteiger partial charge in [-0.15, -0.1) is 17.8 Å². The zero-order valence-electron chi connectivity index (χ0n) is 10.3. The van der Waals surface area contributed by atoms with E-state index in [4.69, 9.17) is 6.42 Å². The number of aromatic nitrogens is 2. The topological polar surface area (TPSA) is 34.9 Å². The molecule has 0 spiro atoms. The van der Waals surface area contributed by atoms with Crippen LogP contribution in [0.4, 0.5) is 0 Å². The molecule has 1 aliphatic rings. The molecule has 0 aromatic carbocycles. The van der Waals surface area contributed by atoms with E-state index in [0.29, 0.717) is 6.54 Å². The van der Waals surface area contributed by atoms with Crippen LogP contribution in [0.5, 0.6) is 0 Å². The van der Waals surface area contributed by atoms with Gasteiger partial charge in [-0.2, -0.15) is 0 Å². The van der Waals surface area contributed by atoms with Crippen LogP contribution in [0.15, 0.2) is 4.79 Å². The van der Waals surface area contributed by atoms with Crippen LogP contribution < -0.4 is 5.56 Å². The molecule has 18 heavy (non-hydrogen) atoms. The molecular weight excluding hydrogens is 244 g/mol. The lowest BCUT2D eigenvalue weighted by atomic mass is 10.2. The Hall–Kier alpha value is -1.60. The van der Waals surface area contributed by atoms with Crippen molar-refractivity contribution in [2.75, 3.05) is 0 Å². The van der Waals surface area contributed by atoms with Crippen molar-refractivity contribution in [2.24, 2.45) is 0 Å². The highest BCUT2D eigenvalue weighted by atomic mass is 32.1. The smallest absolute Gasteiger partial charge is 0.263 e. The van der Waals surface area contributed by atoms with E-state index in [1.807, 2.05) is 6.92 Å². The quantitative estimate of drug-likeness (QED) is 0.774. The van der Waals surface area contributed by atoms with Gasteiger partial charge >= 0.3 is 0 Å². The molecule has 0 radical (unpaired) electrons. The molecule has 4 heteroatoms. The Morgan fingerprint density at radius 1 is 1.50 bits per heavy atom. The third-order valence-electron chi connectivity index (χ3n) is 3.47. The molecule has 2 aromatic heterocycles. The molecule has 0 amide bonds. The number of hydrogen-bond acceptors (Lipinski definition) is 3. The zero-order valence-corrected chi connectivity index (χ0v) is 11.1. The van der Waals surface area contributed by atoms with E-state index < -0.39 is 0 Å². The van der Waals surface area contributed by atoms with Crippen molar-refractivity contribution >= 4 is 21.6 Å². The van der Waals surface area contributed by atoms with Gasteiger partial charge in [-0.1, -0.05) is 12.8 Å². The number of hydrogen-bond donors (Lipinski definition) is 0. The molecule has 0 aliphatic heterocycles. The van der Waals surface area contributed by atoms with Gasteiger partial charge in [-0.25, -0.2) is 4.98 Å². The van der Waals surface area contributed by atoms with Crippen LogP contribution in [0.2, 0.25) is 0 Å². The first-order valence-corrected chi connectivity index (χ1v) is 7.05. The third kappa shape index (κ3) is 1.51. The average molecular weight is 258 g/mol. The first-order valence-electron chi connectivity index (χ1n) is 6.23. The molecule has 0 unspecified atom stereocenters. The van der Waals surface area contributed by atoms with Crippen LogP contribution in [0.1, 0.15) is 29.6 Å². The maximum Gasteiger partial charge on any atom is 0.263 e. The van der Waals surface area contributed by atoms with Crippen molar-refractivity contribution in [3.63, 3.8) is 0 Å². The van der Waals surface area contributed by atoms with Gasteiger partial charge in [0.15, 0.2) is 0 Å². The van der Waals surface area contributed by atoms with E-state index in [0.717, 1.165) is 41.7 Å². The zero-order chi connectivity index (χ0) is 12.7. The van der Waals surface area contributed by atoms with Gasteiger partial charge in [-0.3, -0.25) is 9.36 Å². The summed E-state index contributed by atoms with van der Waals surface area (Å²) in [5, 5.41) is 0.819. The Kier molecular flexibility index (Phi) is 2.71. The lowest BCUT2D eigenvalue weighted by Crippen LogP contribution is -2.24. The number of rotatable bonds is 2. The van der Waals surface area contributed by atoms with Gasteiger partial charge in [0, 0.05) is 11.3 Å². The fraction of sp³-hybridized carbons (Fsp3) is 0.429. The molecule has 3 nitrogen and oxygen atoms in total. The third-order valence-corrected chi connectivity index (χ3v) is 4.66. The maximum absolute atomic E-state index is 12.6. The standard InChI is InChI=1S/C14H14N2OS/c1-3-8-16-11(4-2)15-13-12(14(16)17)9-6-5-7-10(9)18-13/h1H,4-8H2,2H3. The molecule has 0 N–H and O–H groups in total. The Labute approximate surface area is 109 Å². The van der Waals surface area contributed by atoms with Crippen molar-refractivity contribution < 1.29 is 0 Å². The molecule has 1 aliphatic carbocycles. The highest BCUT2D eigenvalue weighted by Crippen LogP contribution is 2.34. The average Bonchev–Trinajstić information content (AvgIpc) is 2.92. The summed E-state index contributed by atoms with van der Waals surface area (Å²) in [6.07, 6.45) is 9.33. The van der Waals surface area contributed by atoms with Crippen LogP contribution in [-0.4, -0.2) is 9.55 Å². The monoisotopic (exact) mass is 258 g/mol. The van der Waals surface area contributed by atoms with Crippen LogP contribution in [-0.2, 0) is 25.8 Å². The molecule has 92 valence electrons. The van der Waals surface area contributed by atoms with Crippen LogP contribution >= 0.6 is 11.3 Å². The Morgan fingerprint density at radius 3 is 3.06 bits per heavy atom. The van der Waals surface area contributed by atoms with Crippen molar-refractivity contribution in [3.8, 4) is 12.3 Å². The van der Waals surface area contributed by atoms with Crippen molar-refractivity contribution in [3.05, 3.63) is 26.6 Å². The number of terminal acetylenes is 1. The minimum absolute atomic E-state index is 0.0502. The highest BCUT2D eigenvalue weighted by molar-refractivity contribution is 7.18. The van der Waals surface area contributed by atoms with E-state index in [2.05, 4.69) is 10.9 Å². The van der Waals surface area contributed by atoms with Crippen molar-refractivity contribution in [2.45, 2.75) is 39.2 Å². The van der Waals surface area contributed by atoms with E-state index in [1.54, 1.807) is 15.9 Å². The van der Waals surface area contributed by atoms with E-state index in [-0.39, 0.29) is 5.56 Å². The second kappa shape index (κ2) is 4.25. The first-order chi connectivity index (χ1) is 8.76. The minimum Gasteiger partial charge on any atom is -0.284 e. The summed E-state index contributed by atoms with van der Waals surface area (Å²) < 4.78 is 1.65. The molecule has 0 bridgehead atoms. The van der Waals surface area contributed by atoms with Crippen molar-refractivity contribution in [1.29, 1.82) is 0 Å². The van der Waals surface area contributed by atoms with Crippen LogP contribution in [0.25, 0.3) is 10.2 Å². The summed E-state index contributed by atoms with van der Waals surface area (Å²) in [7, 11) is 0. The predicted molar refractivity (Wildman–Crippen MR) is 74.1 cm³/mol. The van der Waals surface area contributed by atoms with Crippen LogP contribution in [0, 0.1) is 12.3 Å². The van der Waals surface area contributed by atoms with E-state index >= 15 is 0 Å². The molecule has 0 saturated heterocycles. The number of aryl methyl sites for hydroxylation is 3. The van der Waals surface area contributed by atoms with E-state index in [1.165, 1.54) is 10.4 Å². The first kappa shape index (κ1) is 11.5. The molecule has 3 rings (SSSR count). The summed E-state index contributed by atoms with van der Waals surface area (Å²) in [6, 6.07) is 0. The molecular formula is C14H14N2OS. The second-order valence-electron chi connectivity index (χ2n) is 4.51. The number of fused-ring (bicyclic) bond motifs is 3. The summed E-state index contributed by atoms with van der Waals surface area (Å²) in [4.78, 5) is 19.4. The second-order valence-corrected chi connectivity index (χ2v) is 5.60. The summed E-state index contributed by atoms with van der Waals surface area (Å²) in [6.45, 7) is 2.32. The molecule has 0 atom stereocenters. The highest BCUT2D eigenvalue weighted by Gasteiger charge is 2.22. The minimum atomic E-state index is 0.0502. The maximum atomic E-state index is 12.6. The van der Waals surface area contributed by atoms with E-state index in [9.17, 15) is 4.79 Å². The van der Waals surface area contributed by atoms with Gasteiger partial charge in [0.1, 0.15) is 10.7 Å².